The van der Waals surface area contributed by atoms with Crippen LogP contribution in [0, 0.1) is 5.82 Å². The van der Waals surface area contributed by atoms with Gasteiger partial charge in [-0.05, 0) is 47.5 Å². The number of nitrogens with zero attached hydrogens (tertiary/aromatic N) is 1. The van der Waals surface area contributed by atoms with Gasteiger partial charge in [-0.25, -0.2) is 4.39 Å². The molecule has 22 heavy (non-hydrogen) atoms. The molecule has 5 heteroatoms. The van der Waals surface area contributed by atoms with Gasteiger partial charge in [-0.15, -0.1) is 0 Å². The highest BCUT2D eigenvalue weighted by atomic mass is 19.1. The molecule has 1 amide bonds. The number of amides is 1. The summed E-state index contributed by atoms with van der Waals surface area (Å²) in [6.07, 6.45) is 0.740. The monoisotopic (exact) mass is 299 g/mol. The molecule has 0 aromatic heterocycles. The number of ether oxygens (including phenoxy) is 1. The lowest BCUT2D eigenvalue weighted by atomic mass is 10.1. The predicted octanol–water partition coefficient (Wildman–Crippen LogP) is 2.80. The van der Waals surface area contributed by atoms with Crippen LogP contribution in [0.5, 0.6) is 5.75 Å². The van der Waals surface area contributed by atoms with Gasteiger partial charge in [0.15, 0.2) is 6.29 Å². The van der Waals surface area contributed by atoms with Crippen molar-refractivity contribution in [3.05, 3.63) is 64.5 Å². The normalized spacial score (nSPS) is 12.9. The lowest BCUT2D eigenvalue weighted by Gasteiger charge is -2.15. The zero-order valence-electron chi connectivity index (χ0n) is 12.0. The molecule has 1 heterocycles. The molecule has 0 N–H and O–H groups in total. The Morgan fingerprint density at radius 3 is 2.41 bits per heavy atom. The van der Waals surface area contributed by atoms with Crippen molar-refractivity contribution in [2.45, 2.75) is 13.1 Å². The SMILES string of the molecule is COc1cc2c(cc1C=O)CN(C(=O)c1ccc(F)cc1)C2. The van der Waals surface area contributed by atoms with E-state index >= 15 is 0 Å². The summed E-state index contributed by atoms with van der Waals surface area (Å²) in [4.78, 5) is 25.2. The first-order valence-electron chi connectivity index (χ1n) is 6.82. The largest absolute Gasteiger partial charge is 0.496 e. The molecular weight excluding hydrogens is 285 g/mol. The molecule has 0 radical (unpaired) electrons. The summed E-state index contributed by atoms with van der Waals surface area (Å²) >= 11 is 0. The van der Waals surface area contributed by atoms with Crippen LogP contribution in [0.15, 0.2) is 36.4 Å². The van der Waals surface area contributed by atoms with Gasteiger partial charge in [0.1, 0.15) is 11.6 Å². The Hall–Kier alpha value is -2.69. The van der Waals surface area contributed by atoms with Crippen LogP contribution in [-0.2, 0) is 13.1 Å². The number of fused-ring (bicyclic) bond motifs is 1. The molecule has 4 nitrogen and oxygen atoms in total. The van der Waals surface area contributed by atoms with Crippen LogP contribution < -0.4 is 4.74 Å². The van der Waals surface area contributed by atoms with Gasteiger partial charge < -0.3 is 9.64 Å². The van der Waals surface area contributed by atoms with Crippen LogP contribution >= 0.6 is 0 Å². The first-order chi connectivity index (χ1) is 10.6. The molecular formula is C17H14FNO3. The van der Waals surface area contributed by atoms with Gasteiger partial charge in [0.25, 0.3) is 5.91 Å². The number of carbonyl (C=O) groups excluding carboxylic acids is 2. The standard InChI is InChI=1S/C17H14FNO3/c1-22-16-7-13-9-19(8-12(13)6-14(16)10-20)17(21)11-2-4-15(18)5-3-11/h2-7,10H,8-9H2,1H3. The molecule has 0 spiro atoms. The molecule has 2 aromatic rings. The van der Waals surface area contributed by atoms with E-state index in [2.05, 4.69) is 0 Å². The van der Waals surface area contributed by atoms with Crippen LogP contribution in [0.4, 0.5) is 4.39 Å². The molecule has 1 aliphatic rings. The van der Waals surface area contributed by atoms with Crippen molar-refractivity contribution in [3.63, 3.8) is 0 Å². The summed E-state index contributed by atoms with van der Waals surface area (Å²) in [5, 5.41) is 0. The van der Waals surface area contributed by atoms with Crippen molar-refractivity contribution < 1.29 is 18.7 Å². The van der Waals surface area contributed by atoms with Crippen molar-refractivity contribution in [1.29, 1.82) is 0 Å². The number of rotatable bonds is 3. The summed E-state index contributed by atoms with van der Waals surface area (Å²) in [6.45, 7) is 0.872. The Morgan fingerprint density at radius 1 is 1.18 bits per heavy atom. The van der Waals surface area contributed by atoms with Crippen LogP contribution in [0.25, 0.3) is 0 Å². The number of benzene rings is 2. The second-order valence-electron chi connectivity index (χ2n) is 5.15. The van der Waals surface area contributed by atoms with Crippen molar-refractivity contribution in [1.82, 2.24) is 4.90 Å². The fourth-order valence-corrected chi connectivity index (χ4v) is 2.63. The van der Waals surface area contributed by atoms with E-state index in [1.54, 1.807) is 17.0 Å². The van der Waals surface area contributed by atoms with Gasteiger partial charge in [-0.3, -0.25) is 9.59 Å². The van der Waals surface area contributed by atoms with E-state index in [4.69, 9.17) is 4.74 Å². The zero-order chi connectivity index (χ0) is 15.7. The number of methoxy groups -OCH3 is 1. The van der Waals surface area contributed by atoms with E-state index in [-0.39, 0.29) is 11.7 Å². The molecule has 0 fully saturated rings. The number of hydrogen-bond acceptors (Lipinski definition) is 3. The van der Waals surface area contributed by atoms with E-state index < -0.39 is 0 Å². The summed E-state index contributed by atoms with van der Waals surface area (Å²) in [7, 11) is 1.51. The molecule has 112 valence electrons. The Bertz CT molecular complexity index is 740. The molecule has 0 aliphatic carbocycles. The van der Waals surface area contributed by atoms with Crippen molar-refractivity contribution in [2.24, 2.45) is 0 Å². The molecule has 0 saturated heterocycles. The number of hydrogen-bond donors (Lipinski definition) is 0. The third-order valence-corrected chi connectivity index (χ3v) is 3.78. The predicted molar refractivity (Wildman–Crippen MR) is 78.4 cm³/mol. The maximum absolute atomic E-state index is 12.9. The molecule has 2 aromatic carbocycles. The maximum Gasteiger partial charge on any atom is 0.254 e. The topological polar surface area (TPSA) is 46.6 Å². The summed E-state index contributed by atoms with van der Waals surface area (Å²) in [5.74, 6) is -0.0331. The fraction of sp³-hybridized carbons (Fsp3) is 0.176. The third kappa shape index (κ3) is 2.45. The third-order valence-electron chi connectivity index (χ3n) is 3.78. The first kappa shape index (κ1) is 14.3. The number of carbonyl (C=O) groups is 2. The molecule has 0 bridgehead atoms. The van der Waals surface area contributed by atoms with E-state index in [9.17, 15) is 14.0 Å². The minimum Gasteiger partial charge on any atom is -0.496 e. The lowest BCUT2D eigenvalue weighted by molar-refractivity contribution is 0.0751. The van der Waals surface area contributed by atoms with Crippen molar-refractivity contribution in [2.75, 3.05) is 7.11 Å². The molecule has 0 saturated carbocycles. The van der Waals surface area contributed by atoms with Gasteiger partial charge in [-0.1, -0.05) is 0 Å². The average Bonchev–Trinajstić information content (AvgIpc) is 2.96. The first-order valence-corrected chi connectivity index (χ1v) is 6.82. The zero-order valence-corrected chi connectivity index (χ0v) is 12.0. The van der Waals surface area contributed by atoms with Gasteiger partial charge in [-0.2, -0.15) is 0 Å². The van der Waals surface area contributed by atoms with Gasteiger partial charge in [0.05, 0.1) is 12.7 Å². The Balaban J connectivity index is 1.86. The highest BCUT2D eigenvalue weighted by Crippen LogP contribution is 2.30. The van der Waals surface area contributed by atoms with Crippen molar-refractivity contribution >= 4 is 12.2 Å². The minimum absolute atomic E-state index is 0.164. The smallest absolute Gasteiger partial charge is 0.254 e. The highest BCUT2D eigenvalue weighted by molar-refractivity contribution is 5.94. The van der Waals surface area contributed by atoms with Crippen LogP contribution in [0.1, 0.15) is 31.8 Å². The Labute approximate surface area is 127 Å². The summed E-state index contributed by atoms with van der Waals surface area (Å²) in [5.41, 5.74) is 2.80. The van der Waals surface area contributed by atoms with Crippen molar-refractivity contribution in [3.8, 4) is 5.75 Å². The molecule has 0 atom stereocenters. The van der Waals surface area contributed by atoms with E-state index in [1.807, 2.05) is 0 Å². The van der Waals surface area contributed by atoms with Gasteiger partial charge >= 0.3 is 0 Å². The molecule has 0 unspecified atom stereocenters. The Kier molecular flexibility index (Phi) is 3.63. The van der Waals surface area contributed by atoms with Crippen LogP contribution in [0.3, 0.4) is 0 Å². The average molecular weight is 299 g/mol. The summed E-state index contributed by atoms with van der Waals surface area (Å²) < 4.78 is 18.1. The minimum atomic E-state index is -0.374. The summed E-state index contributed by atoms with van der Waals surface area (Å²) in [6, 6.07) is 9.01. The second kappa shape index (κ2) is 5.60. The van der Waals surface area contributed by atoms with Gasteiger partial charge in [0.2, 0.25) is 0 Å². The fourth-order valence-electron chi connectivity index (χ4n) is 2.63. The number of aldehydes is 1. The molecule has 1 aliphatic heterocycles. The lowest BCUT2D eigenvalue weighted by Crippen LogP contribution is -2.25. The van der Waals surface area contributed by atoms with Crippen LogP contribution in [0.2, 0.25) is 0 Å². The van der Waals surface area contributed by atoms with E-state index in [1.165, 1.54) is 31.4 Å². The number of halogens is 1. The molecule has 3 rings (SSSR count). The Morgan fingerprint density at radius 2 is 1.82 bits per heavy atom. The van der Waals surface area contributed by atoms with E-state index in [0.29, 0.717) is 30.0 Å². The maximum atomic E-state index is 12.9. The van der Waals surface area contributed by atoms with E-state index in [0.717, 1.165) is 17.4 Å². The van der Waals surface area contributed by atoms with Crippen LogP contribution in [-0.4, -0.2) is 24.2 Å². The highest BCUT2D eigenvalue weighted by Gasteiger charge is 2.25. The second-order valence-corrected chi connectivity index (χ2v) is 5.15. The quantitative estimate of drug-likeness (QED) is 0.819. The van der Waals surface area contributed by atoms with Gasteiger partial charge in [0, 0.05) is 18.7 Å².